The van der Waals surface area contributed by atoms with Gasteiger partial charge in [0.1, 0.15) is 0 Å². The van der Waals surface area contributed by atoms with Crippen LogP contribution in [0.15, 0.2) is 0 Å². The van der Waals surface area contributed by atoms with E-state index in [0.717, 1.165) is 5.92 Å². The Balaban J connectivity index is 2.43. The van der Waals surface area contributed by atoms with Crippen LogP contribution in [0.4, 0.5) is 0 Å². The van der Waals surface area contributed by atoms with Crippen molar-refractivity contribution in [1.82, 2.24) is 0 Å². The van der Waals surface area contributed by atoms with E-state index >= 15 is 0 Å². The molecule has 0 unspecified atom stereocenters. The van der Waals surface area contributed by atoms with E-state index in [1.54, 1.807) is 10.8 Å². The van der Waals surface area contributed by atoms with Crippen molar-refractivity contribution in [2.75, 3.05) is 0 Å². The topological polar surface area (TPSA) is 0 Å². The van der Waals surface area contributed by atoms with Gasteiger partial charge in [-0.1, -0.05) is 30.1 Å². The minimum absolute atomic E-state index is 0.392. The Kier molecular flexibility index (Phi) is 3.63. The summed E-state index contributed by atoms with van der Waals surface area (Å²) in [6, 6.07) is 0. The lowest BCUT2D eigenvalue weighted by Crippen LogP contribution is -2.28. The second-order valence-electron chi connectivity index (χ2n) is 4.03. The molecule has 0 amide bonds. The summed E-state index contributed by atoms with van der Waals surface area (Å²) in [4.78, 5) is 0. The van der Waals surface area contributed by atoms with Gasteiger partial charge < -0.3 is 0 Å². The van der Waals surface area contributed by atoms with Crippen molar-refractivity contribution < 1.29 is 0 Å². The molecule has 0 aromatic carbocycles. The molecule has 0 spiro atoms. The Hall–Kier alpha value is 0.700. The monoisotopic (exact) mass is 190 g/mol. The Morgan fingerprint density at radius 3 is 2.18 bits per heavy atom. The van der Waals surface area contributed by atoms with Gasteiger partial charge in [0.25, 0.3) is 0 Å². The van der Waals surface area contributed by atoms with Crippen LogP contribution in [0, 0.1) is 5.92 Å². The van der Waals surface area contributed by atoms with Crippen LogP contribution < -0.4 is 0 Å². The van der Waals surface area contributed by atoms with Gasteiger partial charge in [0.15, 0.2) is 0 Å². The first kappa shape index (κ1) is 9.79. The third-order valence-electron chi connectivity index (χ3n) is 2.82. The summed E-state index contributed by atoms with van der Waals surface area (Å²) in [5.41, 5.74) is 0. The first-order valence-corrected chi connectivity index (χ1v) is 6.36. The van der Waals surface area contributed by atoms with E-state index in [0.29, 0.717) is 4.75 Å². The highest BCUT2D eigenvalue weighted by Crippen LogP contribution is 2.42. The zero-order valence-electron chi connectivity index (χ0n) is 7.47. The summed E-state index contributed by atoms with van der Waals surface area (Å²) in [5, 5.41) is 0. The van der Waals surface area contributed by atoms with Gasteiger partial charge >= 0.3 is 0 Å². The van der Waals surface area contributed by atoms with Crippen LogP contribution >= 0.6 is 22.5 Å². The molecule has 1 fully saturated rings. The van der Waals surface area contributed by atoms with Crippen LogP contribution in [0.5, 0.6) is 0 Å². The van der Waals surface area contributed by atoms with Crippen LogP contribution in [0.3, 0.4) is 0 Å². The Morgan fingerprint density at radius 2 is 1.73 bits per heavy atom. The molecule has 0 bridgehead atoms. The summed E-state index contributed by atoms with van der Waals surface area (Å²) in [6.07, 6.45) is 7.15. The Bertz CT molecular complexity index is 115. The summed E-state index contributed by atoms with van der Waals surface area (Å²) >= 11 is 4.33. The van der Waals surface area contributed by atoms with Crippen molar-refractivity contribution in [2.24, 2.45) is 5.92 Å². The van der Waals surface area contributed by atoms with Gasteiger partial charge in [-0.05, 0) is 32.6 Å². The molecule has 66 valence electrons. The smallest absolute Gasteiger partial charge is 0.0233 e. The van der Waals surface area contributed by atoms with Crippen LogP contribution in [-0.4, -0.2) is 4.75 Å². The molecule has 0 radical (unpaired) electrons. The van der Waals surface area contributed by atoms with E-state index in [9.17, 15) is 0 Å². The van der Waals surface area contributed by atoms with Crippen molar-refractivity contribution in [3.05, 3.63) is 0 Å². The highest BCUT2D eigenvalue weighted by Gasteiger charge is 2.29. The second-order valence-corrected chi connectivity index (χ2v) is 5.81. The number of rotatable bonds is 2. The van der Waals surface area contributed by atoms with E-state index in [1.165, 1.54) is 32.1 Å². The molecule has 1 saturated carbocycles. The fourth-order valence-corrected chi connectivity index (χ4v) is 2.70. The molecule has 0 aromatic rings. The van der Waals surface area contributed by atoms with Crippen LogP contribution in [-0.2, 0) is 0 Å². The van der Waals surface area contributed by atoms with Crippen molar-refractivity contribution in [3.63, 3.8) is 0 Å². The van der Waals surface area contributed by atoms with Crippen LogP contribution in [0.1, 0.15) is 46.0 Å². The lowest BCUT2D eigenvalue weighted by atomic mass is 9.81. The SMILES string of the molecule is CC(C)(SS)C1CCCCC1. The van der Waals surface area contributed by atoms with Crippen LogP contribution in [0.2, 0.25) is 0 Å². The van der Waals surface area contributed by atoms with Gasteiger partial charge in [-0.3, -0.25) is 0 Å². The van der Waals surface area contributed by atoms with Gasteiger partial charge in [0.2, 0.25) is 0 Å². The lowest BCUT2D eigenvalue weighted by molar-refractivity contribution is 0.305. The van der Waals surface area contributed by atoms with Crippen LogP contribution in [0.25, 0.3) is 0 Å². The average molecular weight is 190 g/mol. The molecule has 1 aliphatic carbocycles. The van der Waals surface area contributed by atoms with Gasteiger partial charge in [-0.25, -0.2) is 0 Å². The molecule has 0 heterocycles. The zero-order valence-corrected chi connectivity index (χ0v) is 9.18. The van der Waals surface area contributed by atoms with Gasteiger partial charge in [0, 0.05) is 4.75 Å². The van der Waals surface area contributed by atoms with E-state index in [4.69, 9.17) is 0 Å². The zero-order chi connectivity index (χ0) is 8.32. The molecule has 0 saturated heterocycles. The molecular weight excluding hydrogens is 172 g/mol. The molecule has 0 N–H and O–H groups in total. The second kappa shape index (κ2) is 4.08. The van der Waals surface area contributed by atoms with Crippen molar-refractivity contribution >= 4 is 22.5 Å². The molecule has 0 aromatic heterocycles. The molecule has 0 nitrogen and oxygen atoms in total. The maximum absolute atomic E-state index is 4.33. The summed E-state index contributed by atoms with van der Waals surface area (Å²) < 4.78 is 0.392. The Labute approximate surface area is 79.3 Å². The van der Waals surface area contributed by atoms with Crippen molar-refractivity contribution in [1.29, 1.82) is 0 Å². The van der Waals surface area contributed by atoms with Crippen molar-refractivity contribution in [3.8, 4) is 0 Å². The fraction of sp³-hybridized carbons (Fsp3) is 1.00. The minimum Gasteiger partial charge on any atom is -0.111 e. The average Bonchev–Trinajstić information content (AvgIpc) is 2.06. The predicted molar refractivity (Wildman–Crippen MR) is 57.2 cm³/mol. The number of thiol groups is 1. The normalized spacial score (nSPS) is 22.1. The third kappa shape index (κ3) is 2.59. The lowest BCUT2D eigenvalue weighted by Gasteiger charge is -2.34. The molecule has 1 rings (SSSR count). The summed E-state index contributed by atoms with van der Waals surface area (Å²) in [5.74, 6) is 0.902. The van der Waals surface area contributed by atoms with Gasteiger partial charge in [-0.15, -0.1) is 11.7 Å². The maximum Gasteiger partial charge on any atom is 0.0233 e. The Morgan fingerprint density at radius 1 is 1.18 bits per heavy atom. The predicted octanol–water partition coefficient (Wildman–Crippen LogP) is 3.92. The van der Waals surface area contributed by atoms with Gasteiger partial charge in [-0.2, -0.15) is 0 Å². The third-order valence-corrected chi connectivity index (χ3v) is 5.04. The standard InChI is InChI=1S/C9H18S2/c1-9(2,11-10)8-6-4-3-5-7-8/h8,10H,3-7H2,1-2H3. The highest BCUT2D eigenvalue weighted by molar-refractivity contribution is 8.69. The minimum atomic E-state index is 0.392. The number of hydrogen-bond acceptors (Lipinski definition) is 2. The molecule has 0 atom stereocenters. The van der Waals surface area contributed by atoms with E-state index in [1.807, 2.05) is 0 Å². The fourth-order valence-electron chi connectivity index (χ4n) is 1.87. The van der Waals surface area contributed by atoms with E-state index in [-0.39, 0.29) is 0 Å². The molecule has 0 aliphatic heterocycles. The van der Waals surface area contributed by atoms with E-state index < -0.39 is 0 Å². The molecule has 2 heteroatoms. The quantitative estimate of drug-likeness (QED) is 0.508. The first-order valence-electron chi connectivity index (χ1n) is 4.49. The maximum atomic E-state index is 4.33. The molecule has 1 aliphatic rings. The van der Waals surface area contributed by atoms with Gasteiger partial charge in [0.05, 0.1) is 0 Å². The molecular formula is C9H18S2. The highest BCUT2D eigenvalue weighted by atomic mass is 33.1. The first-order chi connectivity index (χ1) is 5.17. The summed E-state index contributed by atoms with van der Waals surface area (Å²) in [6.45, 7) is 4.64. The number of hydrogen-bond donors (Lipinski definition) is 1. The van der Waals surface area contributed by atoms with E-state index in [2.05, 4.69) is 25.5 Å². The summed E-state index contributed by atoms with van der Waals surface area (Å²) in [7, 11) is 1.73. The van der Waals surface area contributed by atoms with Crippen molar-refractivity contribution in [2.45, 2.75) is 50.7 Å². The largest absolute Gasteiger partial charge is 0.111 e. The molecule has 11 heavy (non-hydrogen) atoms.